The Balaban J connectivity index is 1.48. The van der Waals surface area contributed by atoms with Crippen molar-refractivity contribution >= 4 is 35.0 Å². The molecule has 1 spiro atoms. The minimum absolute atomic E-state index is 0.0923. The summed E-state index contributed by atoms with van der Waals surface area (Å²) in [6.07, 6.45) is -4.25. The molecule has 2 fully saturated rings. The van der Waals surface area contributed by atoms with Crippen LogP contribution in [0.2, 0.25) is 0 Å². The molecule has 33 heavy (non-hydrogen) atoms. The van der Waals surface area contributed by atoms with Crippen LogP contribution in [0.4, 0.5) is 24.5 Å². The molecule has 2 aromatic carbocycles. The number of hydrogen-bond acceptors (Lipinski definition) is 5. The number of rotatable bonds is 4. The molecule has 1 N–H and O–H groups in total. The molecule has 0 saturated carbocycles. The lowest BCUT2D eigenvalue weighted by Crippen LogP contribution is -2.55. The molecule has 5 rings (SSSR count). The molecule has 2 aromatic rings. The first-order valence-corrected chi connectivity index (χ1v) is 11.8. The van der Waals surface area contributed by atoms with Crippen molar-refractivity contribution in [2.75, 3.05) is 28.4 Å². The van der Waals surface area contributed by atoms with Crippen LogP contribution in [-0.4, -0.2) is 47.3 Å². The minimum Gasteiger partial charge on any atom is -0.406 e. The molecule has 2 saturated heterocycles. The van der Waals surface area contributed by atoms with Gasteiger partial charge in [0, 0.05) is 41.2 Å². The number of para-hydroxylation sites is 1. The Bertz CT molecular complexity index is 1090. The monoisotopic (exact) mass is 477 g/mol. The van der Waals surface area contributed by atoms with Gasteiger partial charge in [0.25, 0.3) is 5.91 Å². The first-order chi connectivity index (χ1) is 15.8. The highest BCUT2D eigenvalue weighted by Gasteiger charge is 2.67. The van der Waals surface area contributed by atoms with Crippen LogP contribution >= 0.6 is 11.8 Å². The van der Waals surface area contributed by atoms with Crippen molar-refractivity contribution in [1.29, 1.82) is 0 Å². The molecule has 0 unspecified atom stereocenters. The number of anilines is 2. The molecule has 174 valence electrons. The average Bonchev–Trinajstić information content (AvgIpc) is 3.42. The van der Waals surface area contributed by atoms with Crippen molar-refractivity contribution in [1.82, 2.24) is 4.90 Å². The number of nitrogens with one attached hydrogen (secondary N) is 1. The zero-order valence-corrected chi connectivity index (χ0v) is 18.6. The van der Waals surface area contributed by atoms with Crippen LogP contribution in [0, 0.1) is 5.92 Å². The van der Waals surface area contributed by atoms with E-state index in [-0.39, 0.29) is 23.6 Å². The number of ether oxygens (including phenoxy) is 1. The van der Waals surface area contributed by atoms with Gasteiger partial charge in [0.05, 0.1) is 5.92 Å². The second-order valence-corrected chi connectivity index (χ2v) is 9.31. The van der Waals surface area contributed by atoms with E-state index in [2.05, 4.69) is 15.0 Å². The zero-order chi connectivity index (χ0) is 23.4. The molecule has 2 amide bonds. The molecule has 10 heteroatoms. The molecule has 6 nitrogen and oxygen atoms in total. The van der Waals surface area contributed by atoms with E-state index >= 15 is 0 Å². The second-order valence-electron chi connectivity index (χ2n) is 8.31. The van der Waals surface area contributed by atoms with Gasteiger partial charge in [-0.3, -0.25) is 14.5 Å². The molecule has 0 bridgehead atoms. The number of likely N-dealkylation sites (N-methyl/N-ethyl adjacent to an activating group) is 1. The predicted molar refractivity (Wildman–Crippen MR) is 119 cm³/mol. The standard InChI is InChI=1S/C23H22F3N3O3S/c1-2-28-19-6-4-3-5-17(19)22(21(28)31)18(11-15-12-33-13-29(15)22)20(30)27-14-7-9-16(10-8-14)32-23(24,25)26/h3-10,15,18H,2,11-13H2,1H3,(H,27,30)/t15-,18+,22+/m1/s1. The second kappa shape index (κ2) is 7.95. The maximum atomic E-state index is 13.9. The summed E-state index contributed by atoms with van der Waals surface area (Å²) < 4.78 is 41.2. The number of amides is 2. The minimum atomic E-state index is -4.79. The first kappa shape index (κ1) is 22.1. The number of benzene rings is 2. The van der Waals surface area contributed by atoms with E-state index in [1.54, 1.807) is 16.7 Å². The van der Waals surface area contributed by atoms with Crippen LogP contribution in [0.1, 0.15) is 18.9 Å². The van der Waals surface area contributed by atoms with E-state index in [4.69, 9.17) is 0 Å². The van der Waals surface area contributed by atoms with Gasteiger partial charge in [0.15, 0.2) is 0 Å². The molecule has 0 radical (unpaired) electrons. The molecule has 3 atom stereocenters. The van der Waals surface area contributed by atoms with Crippen molar-refractivity contribution < 1.29 is 27.5 Å². The van der Waals surface area contributed by atoms with Gasteiger partial charge in [-0.2, -0.15) is 0 Å². The van der Waals surface area contributed by atoms with E-state index < -0.39 is 17.8 Å². The van der Waals surface area contributed by atoms with Crippen molar-refractivity contribution in [3.63, 3.8) is 0 Å². The summed E-state index contributed by atoms with van der Waals surface area (Å²) >= 11 is 1.75. The molecule has 3 aliphatic heterocycles. The van der Waals surface area contributed by atoms with Crippen LogP contribution in [-0.2, 0) is 15.1 Å². The molecular weight excluding hydrogens is 455 g/mol. The van der Waals surface area contributed by atoms with Crippen molar-refractivity contribution in [2.24, 2.45) is 5.92 Å². The zero-order valence-electron chi connectivity index (χ0n) is 17.8. The highest BCUT2D eigenvalue weighted by atomic mass is 32.2. The third-order valence-electron chi connectivity index (χ3n) is 6.61. The van der Waals surface area contributed by atoms with Crippen molar-refractivity contribution in [3.05, 3.63) is 54.1 Å². The lowest BCUT2D eigenvalue weighted by molar-refractivity contribution is -0.274. The van der Waals surface area contributed by atoms with Gasteiger partial charge in [-0.1, -0.05) is 18.2 Å². The maximum absolute atomic E-state index is 13.9. The Morgan fingerprint density at radius 1 is 1.21 bits per heavy atom. The number of thioether (sulfide) groups is 1. The third-order valence-corrected chi connectivity index (χ3v) is 7.69. The number of carbonyl (C=O) groups is 2. The summed E-state index contributed by atoms with van der Waals surface area (Å²) in [6, 6.07) is 12.7. The number of carbonyl (C=O) groups excluding carboxylic acids is 2. The fraction of sp³-hybridized carbons (Fsp3) is 0.391. The van der Waals surface area contributed by atoms with Gasteiger partial charge < -0.3 is 15.0 Å². The average molecular weight is 478 g/mol. The lowest BCUT2D eigenvalue weighted by atomic mass is 9.79. The highest BCUT2D eigenvalue weighted by Crippen LogP contribution is 2.57. The van der Waals surface area contributed by atoms with Crippen LogP contribution in [0.5, 0.6) is 5.75 Å². The smallest absolute Gasteiger partial charge is 0.406 e. The number of halogens is 3. The van der Waals surface area contributed by atoms with Crippen LogP contribution < -0.4 is 15.0 Å². The molecule has 0 aliphatic carbocycles. The van der Waals surface area contributed by atoms with Gasteiger partial charge >= 0.3 is 6.36 Å². The summed E-state index contributed by atoms with van der Waals surface area (Å²) in [7, 11) is 0. The topological polar surface area (TPSA) is 61.9 Å². The highest BCUT2D eigenvalue weighted by molar-refractivity contribution is 7.99. The van der Waals surface area contributed by atoms with E-state index in [9.17, 15) is 22.8 Å². The van der Waals surface area contributed by atoms with E-state index in [1.165, 1.54) is 12.1 Å². The maximum Gasteiger partial charge on any atom is 0.573 e. The van der Waals surface area contributed by atoms with E-state index in [0.29, 0.717) is 24.5 Å². The number of alkyl halides is 3. The van der Waals surface area contributed by atoms with Gasteiger partial charge in [-0.25, -0.2) is 0 Å². The molecular formula is C23H22F3N3O3S. The summed E-state index contributed by atoms with van der Waals surface area (Å²) in [6.45, 7) is 2.41. The van der Waals surface area contributed by atoms with E-state index in [0.717, 1.165) is 29.1 Å². The fourth-order valence-corrected chi connectivity index (χ4v) is 6.67. The number of fused-ring (bicyclic) bond motifs is 4. The Morgan fingerprint density at radius 3 is 2.64 bits per heavy atom. The predicted octanol–water partition coefficient (Wildman–Crippen LogP) is 4.18. The number of nitrogens with zero attached hydrogens (tertiary/aromatic N) is 2. The van der Waals surface area contributed by atoms with Gasteiger partial charge in [0.1, 0.15) is 11.3 Å². The van der Waals surface area contributed by atoms with Crippen LogP contribution in [0.3, 0.4) is 0 Å². The Morgan fingerprint density at radius 2 is 1.94 bits per heavy atom. The Labute approximate surface area is 193 Å². The van der Waals surface area contributed by atoms with E-state index in [1.807, 2.05) is 31.2 Å². The molecule has 0 aromatic heterocycles. The Hall–Kier alpha value is -2.72. The first-order valence-electron chi connectivity index (χ1n) is 10.7. The SMILES string of the molecule is CCN1C(=O)[C@]2(c3ccccc31)[C@H](C(=O)Nc1ccc(OC(F)(F)F)cc1)C[C@@H]1CSCN12. The van der Waals surface area contributed by atoms with Crippen LogP contribution in [0.25, 0.3) is 0 Å². The number of hydrogen-bond donors (Lipinski definition) is 1. The summed E-state index contributed by atoms with van der Waals surface area (Å²) in [4.78, 5) is 31.3. The molecule has 3 heterocycles. The quantitative estimate of drug-likeness (QED) is 0.716. The van der Waals surface area contributed by atoms with Gasteiger partial charge in [-0.15, -0.1) is 24.9 Å². The fourth-order valence-electron chi connectivity index (χ4n) is 5.37. The van der Waals surface area contributed by atoms with Crippen molar-refractivity contribution in [2.45, 2.75) is 31.3 Å². The summed E-state index contributed by atoms with van der Waals surface area (Å²) in [5, 5.41) is 2.82. The Kier molecular flexibility index (Phi) is 5.32. The normalized spacial score (nSPS) is 26.5. The van der Waals surface area contributed by atoms with Gasteiger partial charge in [-0.05, 0) is 43.7 Å². The lowest BCUT2D eigenvalue weighted by Gasteiger charge is -2.36. The summed E-state index contributed by atoms with van der Waals surface area (Å²) in [5.74, 6) is 0.102. The van der Waals surface area contributed by atoms with Crippen molar-refractivity contribution in [3.8, 4) is 5.75 Å². The van der Waals surface area contributed by atoms with Gasteiger partial charge in [0.2, 0.25) is 5.91 Å². The third kappa shape index (κ3) is 3.47. The largest absolute Gasteiger partial charge is 0.573 e. The molecule has 3 aliphatic rings. The summed E-state index contributed by atoms with van der Waals surface area (Å²) in [5.41, 5.74) is 0.937. The van der Waals surface area contributed by atoms with Crippen LogP contribution in [0.15, 0.2) is 48.5 Å².